The number of nitrogens with one attached hydrogen (secondary N) is 2. The Morgan fingerprint density at radius 2 is 2.00 bits per heavy atom. The minimum Gasteiger partial charge on any atom is -0.462 e. The molecule has 2 heterocycles. The van der Waals surface area contributed by atoms with Gasteiger partial charge in [0.2, 0.25) is 5.16 Å². The molecule has 8 heteroatoms. The lowest BCUT2D eigenvalue weighted by molar-refractivity contribution is 0.0525. The molecule has 0 unspecified atom stereocenters. The second-order valence-corrected chi connectivity index (χ2v) is 5.92. The fraction of sp³-hybridized carbons (Fsp3) is 0.467. The van der Waals surface area contributed by atoms with E-state index in [1.165, 1.54) is 11.8 Å². The van der Waals surface area contributed by atoms with Crippen LogP contribution in [-0.4, -0.2) is 44.3 Å². The zero-order chi connectivity index (χ0) is 17.0. The van der Waals surface area contributed by atoms with E-state index in [9.17, 15) is 9.59 Å². The Bertz CT molecular complexity index is 720. The lowest BCUT2D eigenvalue weighted by Gasteiger charge is -2.02. The van der Waals surface area contributed by atoms with Crippen LogP contribution >= 0.6 is 11.8 Å². The number of hydrogen-bond donors (Lipinski definition) is 2. The normalized spacial score (nSPS) is 10.8. The van der Waals surface area contributed by atoms with Gasteiger partial charge in [-0.2, -0.15) is 0 Å². The van der Waals surface area contributed by atoms with Crippen molar-refractivity contribution in [2.45, 2.75) is 39.3 Å². The molecule has 2 aromatic heterocycles. The average molecular weight is 336 g/mol. The van der Waals surface area contributed by atoms with E-state index < -0.39 is 5.97 Å². The van der Waals surface area contributed by atoms with E-state index >= 15 is 0 Å². The maximum atomic E-state index is 12.4. The molecule has 0 aliphatic rings. The third-order valence-corrected chi connectivity index (χ3v) is 4.22. The smallest absolute Gasteiger partial charge is 0.340 e. The van der Waals surface area contributed by atoms with E-state index in [1.807, 2.05) is 6.92 Å². The topological polar surface area (TPSA) is 101 Å². The van der Waals surface area contributed by atoms with E-state index in [4.69, 9.17) is 4.74 Å². The van der Waals surface area contributed by atoms with Gasteiger partial charge in [0.05, 0.1) is 23.6 Å². The van der Waals surface area contributed by atoms with Crippen molar-refractivity contribution >= 4 is 23.5 Å². The number of H-pyrrole nitrogens is 2. The first-order valence-electron chi connectivity index (χ1n) is 7.41. The molecule has 0 atom stereocenters. The van der Waals surface area contributed by atoms with Crippen LogP contribution in [0.1, 0.15) is 51.8 Å². The summed E-state index contributed by atoms with van der Waals surface area (Å²) in [4.78, 5) is 31.6. The maximum Gasteiger partial charge on any atom is 0.340 e. The zero-order valence-corrected chi connectivity index (χ0v) is 14.5. The molecule has 0 saturated carbocycles. The van der Waals surface area contributed by atoms with Crippen LogP contribution in [0.5, 0.6) is 0 Å². The Balaban J connectivity index is 2.10. The van der Waals surface area contributed by atoms with Gasteiger partial charge in [0.1, 0.15) is 5.82 Å². The largest absolute Gasteiger partial charge is 0.462 e. The van der Waals surface area contributed by atoms with Crippen molar-refractivity contribution in [1.82, 2.24) is 20.2 Å². The van der Waals surface area contributed by atoms with Gasteiger partial charge in [0.25, 0.3) is 0 Å². The van der Waals surface area contributed by atoms with Crippen LogP contribution in [0.2, 0.25) is 0 Å². The second kappa shape index (κ2) is 7.45. The molecule has 124 valence electrons. The standard InChI is InChI=1S/C15H20N4O3S/c1-5-11-17-15(19-18-11)23-7-10(20)13-8(3)12(9(4)16-13)14(21)22-6-2/h16H,5-7H2,1-4H3,(H,17,18,19). The number of hydrogen-bond acceptors (Lipinski definition) is 6. The Kier molecular flexibility index (Phi) is 5.59. The van der Waals surface area contributed by atoms with Crippen LogP contribution in [0.3, 0.4) is 0 Å². The van der Waals surface area contributed by atoms with Crippen LogP contribution in [0.15, 0.2) is 5.16 Å². The zero-order valence-electron chi connectivity index (χ0n) is 13.6. The highest BCUT2D eigenvalue weighted by atomic mass is 32.2. The van der Waals surface area contributed by atoms with E-state index in [2.05, 4.69) is 20.2 Å². The van der Waals surface area contributed by atoms with Gasteiger partial charge < -0.3 is 9.72 Å². The van der Waals surface area contributed by atoms with E-state index in [-0.39, 0.29) is 11.5 Å². The summed E-state index contributed by atoms with van der Waals surface area (Å²) in [5.41, 5.74) is 2.13. The number of thioether (sulfide) groups is 1. The third kappa shape index (κ3) is 3.82. The van der Waals surface area contributed by atoms with E-state index in [0.717, 1.165) is 12.2 Å². The molecule has 0 radical (unpaired) electrons. The summed E-state index contributed by atoms with van der Waals surface area (Å²) in [6.07, 6.45) is 0.763. The van der Waals surface area contributed by atoms with Gasteiger partial charge in [0.15, 0.2) is 5.78 Å². The molecule has 0 bridgehead atoms. The lowest BCUT2D eigenvalue weighted by Crippen LogP contribution is -2.08. The number of aromatic nitrogens is 4. The third-order valence-electron chi connectivity index (χ3n) is 3.37. The Morgan fingerprint density at radius 3 is 2.61 bits per heavy atom. The van der Waals surface area contributed by atoms with Crippen LogP contribution < -0.4 is 0 Å². The van der Waals surface area contributed by atoms with Gasteiger partial charge in [-0.05, 0) is 26.3 Å². The van der Waals surface area contributed by atoms with Crippen LogP contribution in [0.25, 0.3) is 0 Å². The number of carbonyl (C=O) groups is 2. The molecule has 0 spiro atoms. The predicted octanol–water partition coefficient (Wildman–Crippen LogP) is 2.46. The van der Waals surface area contributed by atoms with Gasteiger partial charge >= 0.3 is 5.97 Å². The fourth-order valence-corrected chi connectivity index (χ4v) is 2.93. The highest BCUT2D eigenvalue weighted by Crippen LogP contribution is 2.22. The number of esters is 1. The molecule has 7 nitrogen and oxygen atoms in total. The molecule has 0 aliphatic heterocycles. The molecule has 0 saturated heterocycles. The first kappa shape index (κ1) is 17.3. The number of aromatic amines is 2. The fourth-order valence-electron chi connectivity index (χ4n) is 2.24. The molecule has 23 heavy (non-hydrogen) atoms. The molecule has 0 aromatic carbocycles. The summed E-state index contributed by atoms with van der Waals surface area (Å²) in [7, 11) is 0. The number of carbonyl (C=O) groups excluding carboxylic acids is 2. The number of ketones is 1. The number of aryl methyl sites for hydroxylation is 2. The molecule has 0 fully saturated rings. The summed E-state index contributed by atoms with van der Waals surface area (Å²) in [5.74, 6) is 0.474. The monoisotopic (exact) mass is 336 g/mol. The quantitative estimate of drug-likeness (QED) is 0.457. The van der Waals surface area contributed by atoms with Gasteiger partial charge in [-0.15, -0.1) is 5.10 Å². The Morgan fingerprint density at radius 1 is 1.26 bits per heavy atom. The number of Topliss-reactive ketones (excluding diaryl/α,β-unsaturated/α-hetero) is 1. The number of rotatable bonds is 7. The van der Waals surface area contributed by atoms with Crippen LogP contribution in [0, 0.1) is 13.8 Å². The number of ether oxygens (including phenoxy) is 1. The molecule has 2 N–H and O–H groups in total. The number of nitrogens with zero attached hydrogens (tertiary/aromatic N) is 2. The van der Waals surface area contributed by atoms with Crippen molar-refractivity contribution in [2.24, 2.45) is 0 Å². The average Bonchev–Trinajstić information content (AvgIpc) is 3.09. The summed E-state index contributed by atoms with van der Waals surface area (Å²) in [5, 5.41) is 7.39. The highest BCUT2D eigenvalue weighted by Gasteiger charge is 2.23. The van der Waals surface area contributed by atoms with Crippen LogP contribution in [-0.2, 0) is 11.2 Å². The van der Waals surface area contributed by atoms with Crippen molar-refractivity contribution in [1.29, 1.82) is 0 Å². The molecular formula is C15H20N4O3S. The van der Waals surface area contributed by atoms with Gasteiger partial charge in [-0.3, -0.25) is 9.89 Å². The van der Waals surface area contributed by atoms with E-state index in [0.29, 0.717) is 34.3 Å². The Labute approximate surface area is 138 Å². The second-order valence-electron chi connectivity index (χ2n) is 4.98. The first-order valence-corrected chi connectivity index (χ1v) is 8.40. The molecular weight excluding hydrogens is 316 g/mol. The van der Waals surface area contributed by atoms with Crippen molar-refractivity contribution in [3.63, 3.8) is 0 Å². The van der Waals surface area contributed by atoms with Gasteiger partial charge in [0, 0.05) is 12.1 Å². The van der Waals surface area contributed by atoms with Crippen molar-refractivity contribution in [3.8, 4) is 0 Å². The summed E-state index contributed by atoms with van der Waals surface area (Å²) in [6, 6.07) is 0. The Hall–Kier alpha value is -2.09. The molecule has 0 amide bonds. The summed E-state index contributed by atoms with van der Waals surface area (Å²) >= 11 is 1.26. The molecule has 2 rings (SSSR count). The van der Waals surface area contributed by atoms with Crippen LogP contribution in [0.4, 0.5) is 0 Å². The molecule has 0 aliphatic carbocycles. The lowest BCUT2D eigenvalue weighted by atomic mass is 10.1. The van der Waals surface area contributed by atoms with Gasteiger partial charge in [-0.25, -0.2) is 9.78 Å². The minimum atomic E-state index is -0.410. The van der Waals surface area contributed by atoms with E-state index in [1.54, 1.807) is 20.8 Å². The van der Waals surface area contributed by atoms with Crippen molar-refractivity contribution in [3.05, 3.63) is 28.3 Å². The van der Waals surface area contributed by atoms with Crippen molar-refractivity contribution in [2.75, 3.05) is 12.4 Å². The summed E-state index contributed by atoms with van der Waals surface area (Å²) < 4.78 is 5.03. The minimum absolute atomic E-state index is 0.103. The van der Waals surface area contributed by atoms with Gasteiger partial charge in [-0.1, -0.05) is 18.7 Å². The highest BCUT2D eigenvalue weighted by molar-refractivity contribution is 7.99. The first-order chi connectivity index (χ1) is 11.0. The SMILES string of the molecule is CCOC(=O)c1c(C)[nH]c(C(=O)CSc2n[nH]c(CC)n2)c1C. The predicted molar refractivity (Wildman–Crippen MR) is 87.0 cm³/mol. The van der Waals surface area contributed by atoms with Crippen molar-refractivity contribution < 1.29 is 14.3 Å². The summed E-state index contributed by atoms with van der Waals surface area (Å²) in [6.45, 7) is 7.52. The molecule has 2 aromatic rings. The maximum absolute atomic E-state index is 12.4.